The number of nitrogen functional groups attached to an aromatic ring is 1. The Morgan fingerprint density at radius 3 is 3.17 bits per heavy atom. The molecule has 0 aromatic carbocycles. The number of nitrogens with two attached hydrogens (primary N) is 1. The Labute approximate surface area is 72.1 Å². The molecular formula is C7H7N3OS. The van der Waals surface area contributed by atoms with Crippen molar-refractivity contribution >= 4 is 27.4 Å². The molecule has 0 spiro atoms. The summed E-state index contributed by atoms with van der Waals surface area (Å²) in [6.45, 7) is 1.96. The lowest BCUT2D eigenvalue weighted by Gasteiger charge is -1.91. The number of nitrogens with one attached hydrogen (secondary N) is 1. The van der Waals surface area contributed by atoms with Crippen molar-refractivity contribution in [3.05, 3.63) is 21.4 Å². The summed E-state index contributed by atoms with van der Waals surface area (Å²) in [6, 6.07) is 1.89. The van der Waals surface area contributed by atoms with Crippen molar-refractivity contribution in [2.75, 3.05) is 5.73 Å². The van der Waals surface area contributed by atoms with Gasteiger partial charge in [-0.2, -0.15) is 4.98 Å². The zero-order valence-corrected chi connectivity index (χ0v) is 7.23. The Hall–Kier alpha value is -1.36. The van der Waals surface area contributed by atoms with Crippen LogP contribution in [0.2, 0.25) is 0 Å². The second-order valence-corrected chi connectivity index (χ2v) is 3.78. The summed E-state index contributed by atoms with van der Waals surface area (Å²) in [7, 11) is 0. The number of nitrogens with zero attached hydrogens (tertiary/aromatic N) is 1. The number of hydrogen-bond acceptors (Lipinski definition) is 4. The van der Waals surface area contributed by atoms with Gasteiger partial charge in [-0.1, -0.05) is 0 Å². The van der Waals surface area contributed by atoms with Gasteiger partial charge < -0.3 is 10.7 Å². The number of aromatic amines is 1. The van der Waals surface area contributed by atoms with E-state index in [9.17, 15) is 4.79 Å². The summed E-state index contributed by atoms with van der Waals surface area (Å²) < 4.78 is 0.854. The molecule has 0 aliphatic rings. The van der Waals surface area contributed by atoms with Crippen LogP contribution in [0, 0.1) is 6.92 Å². The summed E-state index contributed by atoms with van der Waals surface area (Å²) >= 11 is 1.53. The van der Waals surface area contributed by atoms with Crippen molar-refractivity contribution in [3.8, 4) is 0 Å². The van der Waals surface area contributed by atoms with Crippen molar-refractivity contribution in [2.24, 2.45) is 0 Å². The Bertz CT molecular complexity index is 485. The van der Waals surface area contributed by atoms with E-state index in [1.165, 1.54) is 11.3 Å². The fraction of sp³-hybridized carbons (Fsp3) is 0.143. The summed E-state index contributed by atoms with van der Waals surface area (Å²) in [4.78, 5) is 18.2. The van der Waals surface area contributed by atoms with Gasteiger partial charge in [-0.3, -0.25) is 0 Å². The van der Waals surface area contributed by atoms with Crippen LogP contribution in [0.1, 0.15) is 4.88 Å². The summed E-state index contributed by atoms with van der Waals surface area (Å²) in [5, 5.41) is 0. The van der Waals surface area contributed by atoms with Gasteiger partial charge in [0, 0.05) is 4.88 Å². The molecule has 2 heterocycles. The molecule has 0 aliphatic carbocycles. The molecule has 2 aromatic rings. The van der Waals surface area contributed by atoms with Crippen molar-refractivity contribution in [1.29, 1.82) is 0 Å². The topological polar surface area (TPSA) is 71.8 Å². The number of rotatable bonds is 0. The van der Waals surface area contributed by atoms with E-state index >= 15 is 0 Å². The predicted molar refractivity (Wildman–Crippen MR) is 49.4 cm³/mol. The van der Waals surface area contributed by atoms with Crippen LogP contribution in [0.3, 0.4) is 0 Å². The summed E-state index contributed by atoms with van der Waals surface area (Å²) in [5.74, 6) is 0.312. The minimum absolute atomic E-state index is 0.312. The van der Waals surface area contributed by atoms with Gasteiger partial charge in [0.05, 0.1) is 10.2 Å². The first-order valence-electron chi connectivity index (χ1n) is 3.43. The normalized spacial score (nSPS) is 10.8. The van der Waals surface area contributed by atoms with Gasteiger partial charge in [-0.25, -0.2) is 4.79 Å². The average molecular weight is 181 g/mol. The molecule has 0 saturated carbocycles. The molecule has 2 rings (SSSR count). The minimum Gasteiger partial charge on any atom is -0.382 e. The Balaban J connectivity index is 2.97. The molecule has 0 atom stereocenters. The predicted octanol–water partition coefficient (Wildman–Crippen LogP) is 0.875. The van der Waals surface area contributed by atoms with Crippen LogP contribution in [0.15, 0.2) is 10.9 Å². The second kappa shape index (κ2) is 2.31. The van der Waals surface area contributed by atoms with E-state index in [1.807, 2.05) is 13.0 Å². The first-order chi connectivity index (χ1) is 5.66. The highest BCUT2D eigenvalue weighted by Crippen LogP contribution is 2.25. The van der Waals surface area contributed by atoms with Crippen LogP contribution in [0.5, 0.6) is 0 Å². The van der Waals surface area contributed by atoms with Gasteiger partial charge in [0.15, 0.2) is 0 Å². The largest absolute Gasteiger partial charge is 0.382 e. The maximum Gasteiger partial charge on any atom is 0.347 e. The number of thiophene rings is 1. The van der Waals surface area contributed by atoms with Crippen LogP contribution in [-0.4, -0.2) is 9.97 Å². The molecule has 5 heteroatoms. The summed E-state index contributed by atoms with van der Waals surface area (Å²) in [5.41, 5.74) is 5.93. The van der Waals surface area contributed by atoms with E-state index in [4.69, 9.17) is 5.73 Å². The first-order valence-corrected chi connectivity index (χ1v) is 4.24. The van der Waals surface area contributed by atoms with Gasteiger partial charge in [0.2, 0.25) is 0 Å². The third-order valence-electron chi connectivity index (χ3n) is 1.55. The zero-order valence-electron chi connectivity index (χ0n) is 6.42. The lowest BCUT2D eigenvalue weighted by Crippen LogP contribution is -2.11. The lowest BCUT2D eigenvalue weighted by atomic mass is 10.4. The van der Waals surface area contributed by atoms with Crippen molar-refractivity contribution in [3.63, 3.8) is 0 Å². The Morgan fingerprint density at radius 1 is 1.67 bits per heavy atom. The van der Waals surface area contributed by atoms with Crippen LogP contribution >= 0.6 is 11.3 Å². The number of fused-ring (bicyclic) bond motifs is 1. The number of aryl methyl sites for hydroxylation is 1. The molecule has 0 radical (unpaired) electrons. The lowest BCUT2D eigenvalue weighted by molar-refractivity contribution is 1.13. The molecule has 3 N–H and O–H groups in total. The summed E-state index contributed by atoms with van der Waals surface area (Å²) in [6.07, 6.45) is 0. The van der Waals surface area contributed by atoms with E-state index in [2.05, 4.69) is 9.97 Å². The highest BCUT2D eigenvalue weighted by molar-refractivity contribution is 7.19. The van der Waals surface area contributed by atoms with Crippen LogP contribution in [-0.2, 0) is 0 Å². The minimum atomic E-state index is -0.391. The molecular weight excluding hydrogens is 174 g/mol. The van der Waals surface area contributed by atoms with E-state index in [0.29, 0.717) is 5.82 Å². The molecule has 0 bridgehead atoms. The van der Waals surface area contributed by atoms with Gasteiger partial charge in [-0.15, -0.1) is 11.3 Å². The average Bonchev–Trinajstić information content (AvgIpc) is 2.29. The Morgan fingerprint density at radius 2 is 2.42 bits per heavy atom. The molecule has 0 unspecified atom stereocenters. The van der Waals surface area contributed by atoms with E-state index < -0.39 is 5.69 Å². The van der Waals surface area contributed by atoms with Gasteiger partial charge in [-0.05, 0) is 13.0 Å². The molecule has 0 aliphatic heterocycles. The van der Waals surface area contributed by atoms with Crippen LogP contribution in [0.25, 0.3) is 10.2 Å². The van der Waals surface area contributed by atoms with Crippen molar-refractivity contribution in [1.82, 2.24) is 9.97 Å². The smallest absolute Gasteiger partial charge is 0.347 e. The molecule has 62 valence electrons. The van der Waals surface area contributed by atoms with E-state index in [0.717, 1.165) is 15.1 Å². The molecule has 0 saturated heterocycles. The zero-order chi connectivity index (χ0) is 8.72. The molecule has 4 nitrogen and oxygen atoms in total. The molecule has 12 heavy (non-hydrogen) atoms. The van der Waals surface area contributed by atoms with Crippen molar-refractivity contribution < 1.29 is 0 Å². The highest BCUT2D eigenvalue weighted by atomic mass is 32.1. The number of hydrogen-bond donors (Lipinski definition) is 2. The molecule has 0 amide bonds. The fourth-order valence-electron chi connectivity index (χ4n) is 1.10. The maximum atomic E-state index is 10.9. The third kappa shape index (κ3) is 0.984. The third-order valence-corrected chi connectivity index (χ3v) is 2.62. The van der Waals surface area contributed by atoms with Crippen LogP contribution < -0.4 is 11.4 Å². The highest BCUT2D eigenvalue weighted by Gasteiger charge is 2.03. The standard InChI is InChI=1S/C7H7N3OS/c1-3-2-4-5(12-3)6(8)10-7(11)9-4/h2H,1H3,(H3,8,9,10,11). The van der Waals surface area contributed by atoms with Crippen molar-refractivity contribution in [2.45, 2.75) is 6.92 Å². The van der Waals surface area contributed by atoms with E-state index in [1.54, 1.807) is 0 Å². The first kappa shape index (κ1) is 7.30. The van der Waals surface area contributed by atoms with Gasteiger partial charge in [0.1, 0.15) is 5.82 Å². The Kier molecular flexibility index (Phi) is 1.41. The van der Waals surface area contributed by atoms with Crippen LogP contribution in [0.4, 0.5) is 5.82 Å². The number of anilines is 1. The second-order valence-electron chi connectivity index (χ2n) is 2.53. The van der Waals surface area contributed by atoms with E-state index in [-0.39, 0.29) is 0 Å². The fourth-order valence-corrected chi connectivity index (χ4v) is 1.97. The van der Waals surface area contributed by atoms with Gasteiger partial charge >= 0.3 is 5.69 Å². The number of aromatic nitrogens is 2. The maximum absolute atomic E-state index is 10.9. The quantitative estimate of drug-likeness (QED) is 0.633. The molecule has 0 fully saturated rings. The van der Waals surface area contributed by atoms with Gasteiger partial charge in [0.25, 0.3) is 0 Å². The SMILES string of the molecule is Cc1cc2[nH]c(=O)nc(N)c2s1. The monoisotopic (exact) mass is 181 g/mol. The number of H-pyrrole nitrogens is 1. The molecule has 2 aromatic heterocycles.